The summed E-state index contributed by atoms with van der Waals surface area (Å²) >= 11 is 0. The van der Waals surface area contributed by atoms with E-state index in [2.05, 4.69) is 48.3 Å². The minimum Gasteiger partial charge on any atom is -0.394 e. The number of nitrogens with one attached hydrogen (secondary N) is 1. The number of urea groups is 1. The Labute approximate surface area is 139 Å². The molecule has 1 aromatic carbocycles. The van der Waals surface area contributed by atoms with Gasteiger partial charge in [-0.2, -0.15) is 0 Å². The Morgan fingerprint density at radius 1 is 1.43 bits per heavy atom. The first-order chi connectivity index (χ1) is 11.2. The second-order valence-electron chi connectivity index (χ2n) is 6.18. The monoisotopic (exact) mass is 319 g/mol. The zero-order chi connectivity index (χ0) is 16.7. The van der Waals surface area contributed by atoms with Crippen LogP contribution in [0.3, 0.4) is 0 Å². The van der Waals surface area contributed by atoms with Crippen LogP contribution < -0.4 is 10.2 Å². The third kappa shape index (κ3) is 4.86. The fraction of sp³-hybridized carbons (Fsp3) is 0.611. The molecule has 1 heterocycles. The molecule has 5 nitrogen and oxygen atoms in total. The number of benzene rings is 1. The highest BCUT2D eigenvalue weighted by Gasteiger charge is 2.25. The van der Waals surface area contributed by atoms with E-state index in [1.165, 1.54) is 11.3 Å². The molecular weight excluding hydrogens is 290 g/mol. The average Bonchev–Trinajstić information content (AvgIpc) is 2.58. The van der Waals surface area contributed by atoms with Gasteiger partial charge in [-0.3, -0.25) is 0 Å². The Morgan fingerprint density at radius 3 is 2.96 bits per heavy atom. The van der Waals surface area contributed by atoms with Crippen molar-refractivity contribution in [1.29, 1.82) is 0 Å². The molecule has 128 valence electrons. The molecule has 1 saturated heterocycles. The van der Waals surface area contributed by atoms with Gasteiger partial charge >= 0.3 is 6.03 Å². The van der Waals surface area contributed by atoms with Gasteiger partial charge in [0.1, 0.15) is 0 Å². The van der Waals surface area contributed by atoms with Crippen LogP contribution in [-0.4, -0.2) is 54.9 Å². The number of hydrogen-bond acceptors (Lipinski definition) is 3. The van der Waals surface area contributed by atoms with Crippen molar-refractivity contribution in [2.24, 2.45) is 0 Å². The maximum absolute atomic E-state index is 12.3. The van der Waals surface area contributed by atoms with Gasteiger partial charge in [-0.15, -0.1) is 0 Å². The lowest BCUT2D eigenvalue weighted by Gasteiger charge is -2.34. The molecule has 0 bridgehead atoms. The quantitative estimate of drug-likeness (QED) is 0.846. The first-order valence-corrected chi connectivity index (χ1v) is 8.62. The van der Waals surface area contributed by atoms with Gasteiger partial charge < -0.3 is 20.2 Å². The number of piperidine rings is 1. The molecule has 2 rings (SSSR count). The number of aliphatic hydroxyl groups is 1. The standard InChI is InChI=1S/C18H29N3O2/c1-3-20(16-9-6-7-15(2)13-16)12-10-19-18(23)21-11-5-4-8-17(21)14-22/h6-7,9,13,17,22H,3-5,8,10-12,14H2,1-2H3,(H,19,23). The lowest BCUT2D eigenvalue weighted by atomic mass is 10.0. The van der Waals surface area contributed by atoms with Gasteiger partial charge in [0.05, 0.1) is 12.6 Å². The molecule has 1 unspecified atom stereocenters. The van der Waals surface area contributed by atoms with Crippen LogP contribution in [0.1, 0.15) is 31.7 Å². The molecule has 0 aliphatic carbocycles. The van der Waals surface area contributed by atoms with Gasteiger partial charge in [-0.05, 0) is 50.8 Å². The summed E-state index contributed by atoms with van der Waals surface area (Å²) in [4.78, 5) is 16.4. The van der Waals surface area contributed by atoms with Gasteiger partial charge in [-0.25, -0.2) is 4.79 Å². The van der Waals surface area contributed by atoms with Gasteiger partial charge in [-0.1, -0.05) is 12.1 Å². The molecule has 2 N–H and O–H groups in total. The van der Waals surface area contributed by atoms with Crippen LogP contribution in [0, 0.1) is 6.92 Å². The number of likely N-dealkylation sites (N-methyl/N-ethyl adjacent to an activating group) is 1. The molecule has 0 radical (unpaired) electrons. The van der Waals surface area contributed by atoms with Crippen LogP contribution in [-0.2, 0) is 0 Å². The van der Waals surface area contributed by atoms with E-state index in [1.807, 2.05) is 0 Å². The van der Waals surface area contributed by atoms with Crippen molar-refractivity contribution < 1.29 is 9.90 Å². The lowest BCUT2D eigenvalue weighted by molar-refractivity contribution is 0.108. The van der Waals surface area contributed by atoms with Gasteiger partial charge in [0.25, 0.3) is 0 Å². The van der Waals surface area contributed by atoms with E-state index >= 15 is 0 Å². The number of hydrogen-bond donors (Lipinski definition) is 2. The molecule has 2 amide bonds. The zero-order valence-corrected chi connectivity index (χ0v) is 14.3. The Morgan fingerprint density at radius 2 is 2.26 bits per heavy atom. The smallest absolute Gasteiger partial charge is 0.317 e. The molecule has 1 aromatic rings. The summed E-state index contributed by atoms with van der Waals surface area (Å²) in [6, 6.07) is 8.34. The van der Waals surface area contributed by atoms with Crippen molar-refractivity contribution in [1.82, 2.24) is 10.2 Å². The van der Waals surface area contributed by atoms with Crippen molar-refractivity contribution in [3.05, 3.63) is 29.8 Å². The summed E-state index contributed by atoms with van der Waals surface area (Å²) < 4.78 is 0. The normalized spacial score (nSPS) is 17.9. The number of amides is 2. The van der Waals surface area contributed by atoms with E-state index in [9.17, 15) is 9.90 Å². The molecule has 23 heavy (non-hydrogen) atoms. The fourth-order valence-electron chi connectivity index (χ4n) is 3.15. The van der Waals surface area contributed by atoms with E-state index < -0.39 is 0 Å². The molecule has 0 spiro atoms. The van der Waals surface area contributed by atoms with Crippen LogP contribution in [0.15, 0.2) is 24.3 Å². The molecule has 0 aromatic heterocycles. The second kappa shape index (κ2) is 8.77. The van der Waals surface area contributed by atoms with Gasteiger partial charge in [0, 0.05) is 31.9 Å². The number of anilines is 1. The summed E-state index contributed by atoms with van der Waals surface area (Å²) in [7, 11) is 0. The first kappa shape index (κ1) is 17.6. The van der Waals surface area contributed by atoms with Crippen LogP contribution in [0.5, 0.6) is 0 Å². The lowest BCUT2D eigenvalue weighted by Crippen LogP contribution is -2.51. The maximum Gasteiger partial charge on any atom is 0.317 e. The van der Waals surface area contributed by atoms with E-state index in [0.717, 1.165) is 38.9 Å². The minimum atomic E-state index is -0.0518. The number of likely N-dealkylation sites (tertiary alicyclic amines) is 1. The van der Waals surface area contributed by atoms with Crippen molar-refractivity contribution >= 4 is 11.7 Å². The van der Waals surface area contributed by atoms with Gasteiger partial charge in [0.2, 0.25) is 0 Å². The second-order valence-corrected chi connectivity index (χ2v) is 6.18. The van der Waals surface area contributed by atoms with Gasteiger partial charge in [0.15, 0.2) is 0 Å². The van der Waals surface area contributed by atoms with Crippen molar-refractivity contribution in [3.8, 4) is 0 Å². The SMILES string of the molecule is CCN(CCNC(=O)N1CCCCC1CO)c1cccc(C)c1. The summed E-state index contributed by atoms with van der Waals surface area (Å²) in [6.45, 7) is 7.30. The number of carbonyl (C=O) groups excluding carboxylic acids is 1. The van der Waals surface area contributed by atoms with E-state index in [-0.39, 0.29) is 18.7 Å². The number of carbonyl (C=O) groups is 1. The topological polar surface area (TPSA) is 55.8 Å². The molecule has 1 aliphatic heterocycles. The summed E-state index contributed by atoms with van der Waals surface area (Å²) in [6.07, 6.45) is 3.01. The largest absolute Gasteiger partial charge is 0.394 e. The molecule has 1 aliphatic rings. The molecule has 1 atom stereocenters. The summed E-state index contributed by atoms with van der Waals surface area (Å²) in [5.41, 5.74) is 2.43. The predicted octanol–water partition coefficient (Wildman–Crippen LogP) is 2.38. The van der Waals surface area contributed by atoms with Crippen molar-refractivity contribution in [3.63, 3.8) is 0 Å². The van der Waals surface area contributed by atoms with Crippen LogP contribution in [0.25, 0.3) is 0 Å². The third-order valence-electron chi connectivity index (χ3n) is 4.51. The number of nitrogens with zero attached hydrogens (tertiary/aromatic N) is 2. The number of aryl methyl sites for hydroxylation is 1. The van der Waals surface area contributed by atoms with E-state index in [4.69, 9.17) is 0 Å². The Hall–Kier alpha value is -1.75. The highest BCUT2D eigenvalue weighted by molar-refractivity contribution is 5.74. The predicted molar refractivity (Wildman–Crippen MR) is 93.9 cm³/mol. The highest BCUT2D eigenvalue weighted by Crippen LogP contribution is 2.17. The van der Waals surface area contributed by atoms with Crippen LogP contribution in [0.4, 0.5) is 10.5 Å². The van der Waals surface area contributed by atoms with Crippen molar-refractivity contribution in [2.45, 2.75) is 39.2 Å². The highest BCUT2D eigenvalue weighted by atomic mass is 16.3. The maximum atomic E-state index is 12.3. The summed E-state index contributed by atoms with van der Waals surface area (Å²) in [5.74, 6) is 0. The third-order valence-corrected chi connectivity index (χ3v) is 4.51. The molecule has 5 heteroatoms. The number of rotatable bonds is 6. The van der Waals surface area contributed by atoms with E-state index in [1.54, 1.807) is 4.90 Å². The molecular formula is C18H29N3O2. The Bertz CT molecular complexity index is 507. The Balaban J connectivity index is 1.84. The Kier molecular flexibility index (Phi) is 6.71. The fourth-order valence-corrected chi connectivity index (χ4v) is 3.15. The van der Waals surface area contributed by atoms with Crippen LogP contribution in [0.2, 0.25) is 0 Å². The minimum absolute atomic E-state index is 0.0252. The van der Waals surface area contributed by atoms with Crippen LogP contribution >= 0.6 is 0 Å². The van der Waals surface area contributed by atoms with Crippen molar-refractivity contribution in [2.75, 3.05) is 37.7 Å². The average molecular weight is 319 g/mol. The van der Waals surface area contributed by atoms with E-state index in [0.29, 0.717) is 6.54 Å². The summed E-state index contributed by atoms with van der Waals surface area (Å²) in [5, 5.41) is 12.4. The zero-order valence-electron chi connectivity index (χ0n) is 14.3. The molecule has 0 saturated carbocycles. The molecule has 1 fully saturated rings. The number of aliphatic hydroxyl groups excluding tert-OH is 1. The first-order valence-electron chi connectivity index (χ1n) is 8.62.